The lowest BCUT2D eigenvalue weighted by atomic mass is 9.88. The molecule has 2 nitrogen and oxygen atoms in total. The average molecular weight is 340 g/mol. The Bertz CT molecular complexity index is 966. The number of hydrogen-bond donors (Lipinski definition) is 2. The number of nitrogens with two attached hydrogens (primary N) is 1. The highest BCUT2D eigenvalue weighted by Gasteiger charge is 2.20. The van der Waals surface area contributed by atoms with Crippen molar-refractivity contribution in [1.82, 2.24) is 0 Å². The second kappa shape index (κ2) is 6.56. The second-order valence-corrected chi connectivity index (χ2v) is 6.39. The topological polar surface area (TPSA) is 46.2 Å². The molecule has 0 spiro atoms. The molecule has 0 saturated heterocycles. The van der Waals surface area contributed by atoms with Crippen LogP contribution in [0.2, 0.25) is 0 Å². The molecular weight excluding hydrogens is 318 g/mol. The van der Waals surface area contributed by atoms with Crippen LogP contribution >= 0.6 is 12.4 Å². The summed E-state index contributed by atoms with van der Waals surface area (Å²) < 4.78 is 0. The normalized spacial score (nSPS) is 14.1. The van der Waals surface area contributed by atoms with Crippen LogP contribution in [-0.2, 0) is 0 Å². The Morgan fingerprint density at radius 1 is 0.875 bits per heavy atom. The number of aliphatic hydroxyl groups is 1. The third-order valence-electron chi connectivity index (χ3n) is 4.92. The molecule has 0 fully saturated rings. The first-order chi connectivity index (χ1) is 11.2. The monoisotopic (exact) mass is 339 g/mol. The van der Waals surface area contributed by atoms with Crippen LogP contribution in [0, 0.1) is 0 Å². The molecule has 4 aromatic carbocycles. The Labute approximate surface area is 148 Å². The minimum absolute atomic E-state index is 0. The van der Waals surface area contributed by atoms with Gasteiger partial charge in [-0.15, -0.1) is 12.4 Å². The first-order valence-corrected chi connectivity index (χ1v) is 8.30. The van der Waals surface area contributed by atoms with Gasteiger partial charge >= 0.3 is 0 Å². The molecule has 0 aliphatic heterocycles. The van der Waals surface area contributed by atoms with Gasteiger partial charge in [0.2, 0.25) is 0 Å². The Morgan fingerprint density at radius 3 is 2.12 bits per heavy atom. The molecule has 4 aromatic rings. The van der Waals surface area contributed by atoms with Crippen molar-refractivity contribution in [2.24, 2.45) is 5.73 Å². The molecule has 0 amide bonds. The van der Waals surface area contributed by atoms with Crippen LogP contribution in [0.3, 0.4) is 0 Å². The fraction of sp³-hybridized carbons (Fsp3) is 0.238. The van der Waals surface area contributed by atoms with Crippen molar-refractivity contribution in [3.63, 3.8) is 0 Å². The summed E-state index contributed by atoms with van der Waals surface area (Å²) in [7, 11) is 0. The first-order valence-electron chi connectivity index (χ1n) is 8.30. The molecule has 4 rings (SSSR count). The predicted octanol–water partition coefficient (Wildman–Crippen LogP) is 5.17. The minimum atomic E-state index is -0.501. The molecule has 0 saturated carbocycles. The van der Waals surface area contributed by atoms with E-state index in [1.807, 2.05) is 0 Å². The van der Waals surface area contributed by atoms with Gasteiger partial charge in [-0.1, -0.05) is 67.9 Å². The van der Waals surface area contributed by atoms with E-state index in [2.05, 4.69) is 61.5 Å². The molecule has 0 aliphatic carbocycles. The molecule has 0 heterocycles. The van der Waals surface area contributed by atoms with E-state index in [4.69, 9.17) is 5.73 Å². The van der Waals surface area contributed by atoms with Gasteiger partial charge in [0.1, 0.15) is 0 Å². The molecule has 0 radical (unpaired) electrons. The Kier molecular flexibility index (Phi) is 4.64. The van der Waals surface area contributed by atoms with E-state index in [9.17, 15) is 5.11 Å². The molecule has 0 unspecified atom stereocenters. The van der Waals surface area contributed by atoms with Gasteiger partial charge < -0.3 is 10.8 Å². The van der Waals surface area contributed by atoms with Crippen molar-refractivity contribution >= 4 is 44.7 Å². The number of benzene rings is 4. The van der Waals surface area contributed by atoms with Gasteiger partial charge in [0.05, 0.1) is 12.1 Å². The highest BCUT2D eigenvalue weighted by atomic mass is 35.5. The van der Waals surface area contributed by atoms with Crippen molar-refractivity contribution in [1.29, 1.82) is 0 Å². The molecule has 3 N–H and O–H groups in total. The largest absolute Gasteiger partial charge is 0.391 e. The van der Waals surface area contributed by atoms with Crippen molar-refractivity contribution in [3.8, 4) is 0 Å². The minimum Gasteiger partial charge on any atom is -0.391 e. The highest BCUT2D eigenvalue weighted by molar-refractivity contribution is 6.23. The van der Waals surface area contributed by atoms with Crippen LogP contribution in [0.4, 0.5) is 0 Å². The van der Waals surface area contributed by atoms with Gasteiger partial charge in [-0.2, -0.15) is 0 Å². The van der Waals surface area contributed by atoms with E-state index in [1.165, 1.54) is 26.9 Å². The quantitative estimate of drug-likeness (QED) is 0.504. The first kappa shape index (κ1) is 17.0. The lowest BCUT2D eigenvalue weighted by Crippen LogP contribution is -2.26. The van der Waals surface area contributed by atoms with Crippen LogP contribution in [0.25, 0.3) is 32.3 Å². The predicted molar refractivity (Wildman–Crippen MR) is 105 cm³/mol. The number of hydrogen-bond acceptors (Lipinski definition) is 2. The van der Waals surface area contributed by atoms with E-state index >= 15 is 0 Å². The van der Waals surface area contributed by atoms with Gasteiger partial charge in [0, 0.05) is 0 Å². The maximum absolute atomic E-state index is 10.3. The zero-order valence-electron chi connectivity index (χ0n) is 13.7. The highest BCUT2D eigenvalue weighted by Crippen LogP contribution is 2.37. The lowest BCUT2D eigenvalue weighted by Gasteiger charge is -2.22. The van der Waals surface area contributed by atoms with E-state index in [1.54, 1.807) is 0 Å². The van der Waals surface area contributed by atoms with Crippen molar-refractivity contribution in [3.05, 3.63) is 60.2 Å². The maximum Gasteiger partial charge on any atom is 0.0732 e. The fourth-order valence-corrected chi connectivity index (χ4v) is 3.73. The van der Waals surface area contributed by atoms with Gasteiger partial charge in [-0.25, -0.2) is 0 Å². The molecule has 24 heavy (non-hydrogen) atoms. The van der Waals surface area contributed by atoms with E-state index in [0.717, 1.165) is 23.8 Å². The summed E-state index contributed by atoms with van der Waals surface area (Å²) in [5.74, 6) is 0. The van der Waals surface area contributed by atoms with Crippen molar-refractivity contribution in [2.75, 3.05) is 0 Å². The van der Waals surface area contributed by atoms with E-state index in [0.29, 0.717) is 0 Å². The van der Waals surface area contributed by atoms with Crippen molar-refractivity contribution in [2.45, 2.75) is 31.9 Å². The summed E-state index contributed by atoms with van der Waals surface area (Å²) in [6.45, 7) is 2.07. The van der Waals surface area contributed by atoms with Gasteiger partial charge in [0.15, 0.2) is 0 Å². The Hall–Kier alpha value is -1.87. The average Bonchev–Trinajstić information content (AvgIpc) is 2.59. The van der Waals surface area contributed by atoms with Gasteiger partial charge in [0.25, 0.3) is 0 Å². The van der Waals surface area contributed by atoms with Crippen LogP contribution < -0.4 is 5.73 Å². The van der Waals surface area contributed by atoms with Gasteiger partial charge in [-0.3, -0.25) is 0 Å². The molecule has 0 aromatic heterocycles. The third kappa shape index (κ3) is 2.51. The molecule has 3 heteroatoms. The van der Waals surface area contributed by atoms with Crippen LogP contribution in [-0.4, -0.2) is 11.2 Å². The van der Waals surface area contributed by atoms with Crippen LogP contribution in [0.1, 0.15) is 31.4 Å². The number of aliphatic hydroxyl groups excluding tert-OH is 1. The summed E-state index contributed by atoms with van der Waals surface area (Å²) in [4.78, 5) is 0. The SMILES string of the molecule is CCC[C@@H](O)[C@@H](N)c1ccc2ccc3cccc4ccc1c2c34.Cl. The third-order valence-corrected chi connectivity index (χ3v) is 4.92. The van der Waals surface area contributed by atoms with Crippen LogP contribution in [0.15, 0.2) is 54.6 Å². The molecule has 124 valence electrons. The second-order valence-electron chi connectivity index (χ2n) is 6.39. The van der Waals surface area contributed by atoms with Crippen molar-refractivity contribution < 1.29 is 5.11 Å². The summed E-state index contributed by atoms with van der Waals surface area (Å²) in [6, 6.07) is 18.9. The fourth-order valence-electron chi connectivity index (χ4n) is 3.73. The Morgan fingerprint density at radius 2 is 1.46 bits per heavy atom. The summed E-state index contributed by atoms with van der Waals surface area (Å²) in [5.41, 5.74) is 7.41. The molecule has 2 atom stereocenters. The maximum atomic E-state index is 10.3. The van der Waals surface area contributed by atoms with Gasteiger partial charge in [-0.05, 0) is 44.3 Å². The Balaban J connectivity index is 0.00000169. The smallest absolute Gasteiger partial charge is 0.0732 e. The standard InChI is InChI=1S/C21H21NO.ClH/c1-2-4-18(23)21(22)17-12-10-15-8-7-13-5-3-6-14-9-11-16(17)20(15)19(13)14;/h3,5-12,18,21,23H,2,4,22H2,1H3;1H/t18-,21+;/m1./s1. The van der Waals surface area contributed by atoms with Crippen LogP contribution in [0.5, 0.6) is 0 Å². The summed E-state index contributed by atoms with van der Waals surface area (Å²) in [5, 5.41) is 17.8. The molecule has 0 bridgehead atoms. The number of rotatable bonds is 4. The van der Waals surface area contributed by atoms with E-state index < -0.39 is 6.10 Å². The zero-order valence-corrected chi connectivity index (χ0v) is 14.5. The molecular formula is C21H22ClNO. The summed E-state index contributed by atoms with van der Waals surface area (Å²) >= 11 is 0. The number of halogens is 1. The molecule has 0 aliphatic rings. The van der Waals surface area contributed by atoms with E-state index in [-0.39, 0.29) is 18.4 Å². The summed E-state index contributed by atoms with van der Waals surface area (Å²) in [6.07, 6.45) is 1.16. The zero-order chi connectivity index (χ0) is 16.0. The lowest BCUT2D eigenvalue weighted by molar-refractivity contribution is 0.135.